The van der Waals surface area contributed by atoms with Crippen LogP contribution in [0, 0.1) is 0 Å². The molecule has 3 heteroatoms. The first-order chi connectivity index (χ1) is 9.83. The van der Waals surface area contributed by atoms with E-state index in [-0.39, 0.29) is 6.54 Å². The minimum atomic E-state index is -0.506. The molecule has 20 heavy (non-hydrogen) atoms. The summed E-state index contributed by atoms with van der Waals surface area (Å²) in [5, 5.41) is 9.20. The standard InChI is InChI=1S/C17H29NO2/c18-14-17(19)15-20-13-9-4-2-1-3-6-10-16-11-7-5-8-12-16/h5,7-8,11-12,17,19H,1-4,6,9-10,13-15,18H2. The van der Waals surface area contributed by atoms with E-state index in [2.05, 4.69) is 30.3 Å². The Bertz CT molecular complexity index is 316. The first kappa shape index (κ1) is 17.2. The summed E-state index contributed by atoms with van der Waals surface area (Å²) in [5.74, 6) is 0. The zero-order chi connectivity index (χ0) is 14.5. The van der Waals surface area contributed by atoms with Gasteiger partial charge in [0.05, 0.1) is 12.7 Å². The van der Waals surface area contributed by atoms with Crippen LogP contribution in [-0.2, 0) is 11.2 Å². The molecule has 1 rings (SSSR count). The van der Waals surface area contributed by atoms with Gasteiger partial charge >= 0.3 is 0 Å². The molecule has 0 heterocycles. The maximum Gasteiger partial charge on any atom is 0.0895 e. The van der Waals surface area contributed by atoms with Gasteiger partial charge in [0.15, 0.2) is 0 Å². The monoisotopic (exact) mass is 279 g/mol. The molecule has 3 N–H and O–H groups in total. The van der Waals surface area contributed by atoms with Gasteiger partial charge in [0.1, 0.15) is 0 Å². The zero-order valence-corrected chi connectivity index (χ0v) is 12.5. The lowest BCUT2D eigenvalue weighted by Crippen LogP contribution is -2.25. The molecule has 1 unspecified atom stereocenters. The van der Waals surface area contributed by atoms with E-state index in [0.29, 0.717) is 6.61 Å². The quantitative estimate of drug-likeness (QED) is 0.578. The van der Waals surface area contributed by atoms with Crippen LogP contribution < -0.4 is 5.73 Å². The highest BCUT2D eigenvalue weighted by Gasteiger charge is 1.99. The van der Waals surface area contributed by atoms with Crippen LogP contribution in [0.1, 0.15) is 44.1 Å². The van der Waals surface area contributed by atoms with Crippen LogP contribution >= 0.6 is 0 Å². The van der Waals surface area contributed by atoms with Gasteiger partial charge in [-0.3, -0.25) is 0 Å². The Morgan fingerprint density at radius 2 is 1.60 bits per heavy atom. The lowest BCUT2D eigenvalue weighted by Gasteiger charge is -2.08. The number of hydrogen-bond donors (Lipinski definition) is 2. The van der Waals surface area contributed by atoms with Gasteiger partial charge in [0, 0.05) is 13.2 Å². The number of nitrogens with two attached hydrogens (primary N) is 1. The molecule has 0 spiro atoms. The van der Waals surface area contributed by atoms with Crippen molar-refractivity contribution < 1.29 is 9.84 Å². The van der Waals surface area contributed by atoms with Crippen LogP contribution in [0.2, 0.25) is 0 Å². The largest absolute Gasteiger partial charge is 0.389 e. The van der Waals surface area contributed by atoms with Crippen LogP contribution in [0.3, 0.4) is 0 Å². The summed E-state index contributed by atoms with van der Waals surface area (Å²) in [4.78, 5) is 0. The molecule has 0 aliphatic heterocycles. The van der Waals surface area contributed by atoms with Crippen molar-refractivity contribution >= 4 is 0 Å². The van der Waals surface area contributed by atoms with E-state index in [4.69, 9.17) is 10.5 Å². The first-order valence-corrected chi connectivity index (χ1v) is 7.82. The molecule has 3 nitrogen and oxygen atoms in total. The van der Waals surface area contributed by atoms with Gasteiger partial charge in [0.2, 0.25) is 0 Å². The Hall–Kier alpha value is -0.900. The molecule has 1 atom stereocenters. The number of aryl methyl sites for hydroxylation is 1. The predicted molar refractivity (Wildman–Crippen MR) is 83.7 cm³/mol. The lowest BCUT2D eigenvalue weighted by atomic mass is 10.1. The van der Waals surface area contributed by atoms with Crippen molar-refractivity contribution in [1.82, 2.24) is 0 Å². The van der Waals surface area contributed by atoms with Crippen LogP contribution in [0.4, 0.5) is 0 Å². The lowest BCUT2D eigenvalue weighted by molar-refractivity contribution is 0.0396. The molecule has 0 amide bonds. The number of rotatable bonds is 12. The summed E-state index contributed by atoms with van der Waals surface area (Å²) < 4.78 is 5.34. The van der Waals surface area contributed by atoms with Crippen LogP contribution in [0.25, 0.3) is 0 Å². The molecular formula is C17H29NO2. The average molecular weight is 279 g/mol. The van der Waals surface area contributed by atoms with Gasteiger partial charge in [-0.1, -0.05) is 56.0 Å². The minimum Gasteiger partial charge on any atom is -0.389 e. The topological polar surface area (TPSA) is 55.5 Å². The van der Waals surface area contributed by atoms with Gasteiger partial charge in [-0.2, -0.15) is 0 Å². The predicted octanol–water partition coefficient (Wildman–Crippen LogP) is 2.91. The summed E-state index contributed by atoms with van der Waals surface area (Å²) in [6.45, 7) is 1.38. The third-order valence-electron chi connectivity index (χ3n) is 3.43. The Balaban J connectivity index is 1.81. The molecular weight excluding hydrogens is 250 g/mol. The Labute approximate surface area is 123 Å². The fraction of sp³-hybridized carbons (Fsp3) is 0.647. The smallest absolute Gasteiger partial charge is 0.0895 e. The number of aliphatic hydroxyl groups excluding tert-OH is 1. The van der Waals surface area contributed by atoms with Crippen LogP contribution in [0.15, 0.2) is 30.3 Å². The van der Waals surface area contributed by atoms with Crippen LogP contribution in [-0.4, -0.2) is 31.0 Å². The highest BCUT2D eigenvalue weighted by atomic mass is 16.5. The maximum atomic E-state index is 9.20. The maximum absolute atomic E-state index is 9.20. The van der Waals surface area contributed by atoms with Gasteiger partial charge in [0.25, 0.3) is 0 Å². The van der Waals surface area contributed by atoms with E-state index in [1.807, 2.05) is 0 Å². The van der Waals surface area contributed by atoms with E-state index in [1.54, 1.807) is 0 Å². The third kappa shape index (κ3) is 9.08. The number of aliphatic hydroxyl groups is 1. The van der Waals surface area contributed by atoms with Crippen LogP contribution in [0.5, 0.6) is 0 Å². The van der Waals surface area contributed by atoms with E-state index in [9.17, 15) is 5.11 Å². The van der Waals surface area contributed by atoms with E-state index >= 15 is 0 Å². The second-order valence-electron chi connectivity index (χ2n) is 5.32. The fourth-order valence-corrected chi connectivity index (χ4v) is 2.17. The molecule has 0 aliphatic carbocycles. The molecule has 0 aliphatic rings. The van der Waals surface area contributed by atoms with Gasteiger partial charge < -0.3 is 15.6 Å². The number of ether oxygens (including phenoxy) is 1. The third-order valence-corrected chi connectivity index (χ3v) is 3.43. The molecule has 0 radical (unpaired) electrons. The molecule has 0 aromatic heterocycles. The SMILES string of the molecule is NCC(O)COCCCCCCCCc1ccccc1. The first-order valence-electron chi connectivity index (χ1n) is 7.82. The number of benzene rings is 1. The van der Waals surface area contributed by atoms with Gasteiger partial charge in [-0.15, -0.1) is 0 Å². The molecule has 0 bridgehead atoms. The number of unbranched alkanes of at least 4 members (excludes halogenated alkanes) is 5. The summed E-state index contributed by atoms with van der Waals surface area (Å²) in [6.07, 6.45) is 8.15. The highest BCUT2D eigenvalue weighted by molar-refractivity contribution is 5.14. The Morgan fingerprint density at radius 1 is 0.950 bits per heavy atom. The zero-order valence-electron chi connectivity index (χ0n) is 12.5. The Kier molecular flexibility index (Phi) is 10.2. The van der Waals surface area contributed by atoms with Crippen molar-refractivity contribution in [2.45, 2.75) is 51.0 Å². The molecule has 1 aromatic rings. The van der Waals surface area contributed by atoms with Crippen molar-refractivity contribution in [3.63, 3.8) is 0 Å². The molecule has 0 saturated heterocycles. The summed E-state index contributed by atoms with van der Waals surface area (Å²) >= 11 is 0. The van der Waals surface area contributed by atoms with Crippen molar-refractivity contribution in [2.75, 3.05) is 19.8 Å². The minimum absolute atomic E-state index is 0.279. The summed E-state index contributed by atoms with van der Waals surface area (Å²) in [6, 6.07) is 10.7. The molecule has 0 fully saturated rings. The highest BCUT2D eigenvalue weighted by Crippen LogP contribution is 2.09. The fourth-order valence-electron chi connectivity index (χ4n) is 2.17. The van der Waals surface area contributed by atoms with Gasteiger partial charge in [-0.25, -0.2) is 0 Å². The molecule has 114 valence electrons. The van der Waals surface area contributed by atoms with Crippen molar-refractivity contribution in [2.24, 2.45) is 5.73 Å². The van der Waals surface area contributed by atoms with Gasteiger partial charge in [-0.05, 0) is 24.8 Å². The van der Waals surface area contributed by atoms with E-state index in [1.165, 1.54) is 44.1 Å². The molecule has 1 aromatic carbocycles. The van der Waals surface area contributed by atoms with Crippen molar-refractivity contribution in [3.8, 4) is 0 Å². The van der Waals surface area contributed by atoms with Crippen molar-refractivity contribution in [3.05, 3.63) is 35.9 Å². The normalized spacial score (nSPS) is 12.5. The summed E-state index contributed by atoms with van der Waals surface area (Å²) in [7, 11) is 0. The van der Waals surface area contributed by atoms with E-state index in [0.717, 1.165) is 13.0 Å². The Morgan fingerprint density at radius 3 is 2.30 bits per heavy atom. The average Bonchev–Trinajstić information content (AvgIpc) is 2.50. The second-order valence-corrected chi connectivity index (χ2v) is 5.32. The van der Waals surface area contributed by atoms with E-state index < -0.39 is 6.10 Å². The second kappa shape index (κ2) is 11.9. The summed E-state index contributed by atoms with van der Waals surface area (Å²) in [5.41, 5.74) is 6.74. The molecule has 0 saturated carbocycles. The van der Waals surface area contributed by atoms with Crippen molar-refractivity contribution in [1.29, 1.82) is 0 Å². The number of hydrogen-bond acceptors (Lipinski definition) is 3.